The summed E-state index contributed by atoms with van der Waals surface area (Å²) in [7, 11) is 0. The minimum Gasteiger partial charge on any atom is -0.471 e. The first-order chi connectivity index (χ1) is 12.8. The van der Waals surface area contributed by atoms with Crippen LogP contribution in [0.25, 0.3) is 0 Å². The summed E-state index contributed by atoms with van der Waals surface area (Å²) in [6.07, 6.45) is 1.62. The third-order valence-electron chi connectivity index (χ3n) is 3.71. The molecule has 1 heterocycles. The topological polar surface area (TPSA) is 82.5 Å². The molecule has 7 nitrogen and oxygen atoms in total. The minimum atomic E-state index is -0.831. The standard InChI is InChI=1S/C18H22ClN3O4S/c1-4-25-18(24)15(9-27)20-17(23)14-5-6-22(21-14)10-26-13-7-11(2)16(19)12(3)8-13/h5-8,15,27H,4,9-10H2,1-3H3,(H,20,23)/t15-/m0/s1. The minimum absolute atomic E-state index is 0.127. The van der Waals surface area contributed by atoms with E-state index in [2.05, 4.69) is 23.0 Å². The summed E-state index contributed by atoms with van der Waals surface area (Å²) in [6.45, 7) is 5.86. The Labute approximate surface area is 168 Å². The zero-order valence-electron chi connectivity index (χ0n) is 15.4. The van der Waals surface area contributed by atoms with Crippen LogP contribution in [-0.4, -0.2) is 40.1 Å². The fraction of sp³-hybridized carbons (Fsp3) is 0.389. The van der Waals surface area contributed by atoms with E-state index in [1.807, 2.05) is 26.0 Å². The maximum Gasteiger partial charge on any atom is 0.329 e. The van der Waals surface area contributed by atoms with Gasteiger partial charge in [-0.15, -0.1) is 0 Å². The number of benzene rings is 1. The third kappa shape index (κ3) is 5.64. The van der Waals surface area contributed by atoms with Gasteiger partial charge in [0, 0.05) is 17.0 Å². The molecule has 146 valence electrons. The number of nitrogens with zero attached hydrogens (tertiary/aromatic N) is 2. The monoisotopic (exact) mass is 411 g/mol. The summed E-state index contributed by atoms with van der Waals surface area (Å²) in [5.41, 5.74) is 2.01. The molecule has 0 spiro atoms. The molecule has 0 saturated carbocycles. The Morgan fingerprint density at radius 3 is 2.59 bits per heavy atom. The van der Waals surface area contributed by atoms with Crippen molar-refractivity contribution in [3.8, 4) is 5.75 Å². The Morgan fingerprint density at radius 2 is 2.00 bits per heavy atom. The number of amides is 1. The predicted molar refractivity (Wildman–Crippen MR) is 106 cm³/mol. The highest BCUT2D eigenvalue weighted by Gasteiger charge is 2.22. The van der Waals surface area contributed by atoms with Gasteiger partial charge in [0.15, 0.2) is 6.73 Å². The van der Waals surface area contributed by atoms with Crippen LogP contribution in [-0.2, 0) is 16.3 Å². The largest absolute Gasteiger partial charge is 0.471 e. The van der Waals surface area contributed by atoms with Crippen LogP contribution in [0.1, 0.15) is 28.5 Å². The van der Waals surface area contributed by atoms with Crippen molar-refractivity contribution in [3.63, 3.8) is 0 Å². The van der Waals surface area contributed by atoms with Crippen LogP contribution >= 0.6 is 24.2 Å². The van der Waals surface area contributed by atoms with Gasteiger partial charge in [-0.3, -0.25) is 4.79 Å². The van der Waals surface area contributed by atoms with E-state index in [0.29, 0.717) is 10.8 Å². The lowest BCUT2D eigenvalue weighted by molar-refractivity contribution is -0.144. The second kappa shape index (κ2) is 9.66. The van der Waals surface area contributed by atoms with Crippen LogP contribution < -0.4 is 10.1 Å². The first-order valence-electron chi connectivity index (χ1n) is 8.37. The summed E-state index contributed by atoms with van der Waals surface area (Å²) in [5, 5.41) is 7.42. The molecule has 1 N–H and O–H groups in total. The number of nitrogens with one attached hydrogen (secondary N) is 1. The number of carbonyl (C=O) groups is 2. The van der Waals surface area contributed by atoms with Gasteiger partial charge in [-0.1, -0.05) is 11.6 Å². The Hall–Kier alpha value is -2.19. The van der Waals surface area contributed by atoms with E-state index >= 15 is 0 Å². The average molecular weight is 412 g/mol. The van der Waals surface area contributed by atoms with Gasteiger partial charge in [0.05, 0.1) is 6.61 Å². The zero-order chi connectivity index (χ0) is 20.0. The molecule has 0 saturated heterocycles. The van der Waals surface area contributed by atoms with Crippen molar-refractivity contribution in [2.45, 2.75) is 33.5 Å². The number of hydrogen-bond donors (Lipinski definition) is 2. The van der Waals surface area contributed by atoms with Crippen molar-refractivity contribution in [3.05, 3.63) is 46.2 Å². The number of hydrogen-bond acceptors (Lipinski definition) is 6. The maximum atomic E-state index is 12.3. The zero-order valence-corrected chi connectivity index (χ0v) is 17.0. The van der Waals surface area contributed by atoms with Gasteiger partial charge >= 0.3 is 5.97 Å². The summed E-state index contributed by atoms with van der Waals surface area (Å²) in [6, 6.07) is 4.38. The lowest BCUT2D eigenvalue weighted by atomic mass is 10.1. The van der Waals surface area contributed by atoms with Gasteiger partial charge in [-0.2, -0.15) is 17.7 Å². The van der Waals surface area contributed by atoms with E-state index in [1.165, 1.54) is 10.7 Å². The van der Waals surface area contributed by atoms with E-state index in [9.17, 15) is 9.59 Å². The summed E-state index contributed by atoms with van der Waals surface area (Å²) >= 11 is 10.2. The van der Waals surface area contributed by atoms with E-state index in [-0.39, 0.29) is 24.8 Å². The Morgan fingerprint density at radius 1 is 1.33 bits per heavy atom. The number of ether oxygens (including phenoxy) is 2. The van der Waals surface area contributed by atoms with Crippen LogP contribution in [0, 0.1) is 13.8 Å². The van der Waals surface area contributed by atoms with Gasteiger partial charge in [-0.05, 0) is 50.1 Å². The van der Waals surface area contributed by atoms with Crippen LogP contribution in [0.2, 0.25) is 5.02 Å². The smallest absolute Gasteiger partial charge is 0.329 e. The number of aromatic nitrogens is 2. The summed E-state index contributed by atoms with van der Waals surface area (Å²) in [4.78, 5) is 24.0. The van der Waals surface area contributed by atoms with E-state index in [1.54, 1.807) is 13.1 Å². The van der Waals surface area contributed by atoms with Crippen molar-refractivity contribution in [2.75, 3.05) is 12.4 Å². The SMILES string of the molecule is CCOC(=O)[C@H](CS)NC(=O)c1ccn(COc2cc(C)c(Cl)c(C)c2)n1. The molecule has 27 heavy (non-hydrogen) atoms. The number of thiol groups is 1. The fourth-order valence-corrected chi connectivity index (χ4v) is 2.69. The van der Waals surface area contributed by atoms with Crippen LogP contribution in [0.15, 0.2) is 24.4 Å². The molecule has 9 heteroatoms. The molecule has 2 aromatic rings. The Kier molecular flexibility index (Phi) is 7.55. The number of esters is 1. The molecular weight excluding hydrogens is 390 g/mol. The van der Waals surface area contributed by atoms with E-state index < -0.39 is 17.9 Å². The molecule has 1 amide bonds. The van der Waals surface area contributed by atoms with Gasteiger partial charge in [0.2, 0.25) is 0 Å². The van der Waals surface area contributed by atoms with Crippen molar-refractivity contribution >= 4 is 36.1 Å². The first kappa shape index (κ1) is 21.1. The number of halogens is 1. The molecule has 0 aliphatic heterocycles. The lowest BCUT2D eigenvalue weighted by Crippen LogP contribution is -2.43. The molecule has 0 unspecified atom stereocenters. The number of rotatable bonds is 8. The van der Waals surface area contributed by atoms with Crippen LogP contribution in [0.5, 0.6) is 5.75 Å². The van der Waals surface area contributed by atoms with Crippen molar-refractivity contribution in [1.29, 1.82) is 0 Å². The molecule has 1 aromatic carbocycles. The van der Waals surface area contributed by atoms with Crippen molar-refractivity contribution in [2.24, 2.45) is 0 Å². The fourth-order valence-electron chi connectivity index (χ4n) is 2.34. The molecule has 0 bridgehead atoms. The highest BCUT2D eigenvalue weighted by atomic mass is 35.5. The molecular formula is C18H22ClN3O4S. The highest BCUT2D eigenvalue weighted by molar-refractivity contribution is 7.80. The molecule has 0 radical (unpaired) electrons. The molecule has 0 aliphatic carbocycles. The number of carbonyl (C=O) groups excluding carboxylic acids is 2. The van der Waals surface area contributed by atoms with E-state index in [0.717, 1.165) is 11.1 Å². The first-order valence-corrected chi connectivity index (χ1v) is 9.38. The highest BCUT2D eigenvalue weighted by Crippen LogP contribution is 2.25. The van der Waals surface area contributed by atoms with Crippen molar-refractivity contribution < 1.29 is 19.1 Å². The Balaban J connectivity index is 1.97. The van der Waals surface area contributed by atoms with Gasteiger partial charge in [0.1, 0.15) is 17.5 Å². The van der Waals surface area contributed by atoms with Gasteiger partial charge in [0.25, 0.3) is 5.91 Å². The Bertz CT molecular complexity index is 802. The second-order valence-corrected chi connectivity index (χ2v) is 6.59. The average Bonchev–Trinajstić information content (AvgIpc) is 3.11. The normalized spacial score (nSPS) is 11.7. The van der Waals surface area contributed by atoms with E-state index in [4.69, 9.17) is 21.1 Å². The quantitative estimate of drug-likeness (QED) is 0.515. The third-order valence-corrected chi connectivity index (χ3v) is 4.67. The summed E-state index contributed by atoms with van der Waals surface area (Å²) in [5.74, 6) is -0.228. The lowest BCUT2D eigenvalue weighted by Gasteiger charge is -2.14. The molecule has 0 fully saturated rings. The second-order valence-electron chi connectivity index (χ2n) is 5.85. The summed E-state index contributed by atoms with van der Waals surface area (Å²) < 4.78 is 12.1. The van der Waals surface area contributed by atoms with Crippen LogP contribution in [0.3, 0.4) is 0 Å². The van der Waals surface area contributed by atoms with Crippen molar-refractivity contribution in [1.82, 2.24) is 15.1 Å². The van der Waals surface area contributed by atoms with Gasteiger partial charge in [-0.25, -0.2) is 9.48 Å². The van der Waals surface area contributed by atoms with Crippen LogP contribution in [0.4, 0.5) is 0 Å². The van der Waals surface area contributed by atoms with Gasteiger partial charge < -0.3 is 14.8 Å². The predicted octanol–water partition coefficient (Wildman–Crippen LogP) is 2.78. The number of aryl methyl sites for hydroxylation is 2. The molecule has 2 rings (SSSR count). The molecule has 0 aliphatic rings. The molecule has 1 aromatic heterocycles. The molecule has 1 atom stereocenters. The maximum absolute atomic E-state index is 12.3.